The third-order valence-corrected chi connectivity index (χ3v) is 3.83. The van der Waals surface area contributed by atoms with Gasteiger partial charge in [0, 0.05) is 11.4 Å². The van der Waals surface area contributed by atoms with Gasteiger partial charge in [-0.15, -0.1) is 0 Å². The molecule has 4 nitrogen and oxygen atoms in total. The summed E-state index contributed by atoms with van der Waals surface area (Å²) in [5.41, 5.74) is 1.07. The van der Waals surface area contributed by atoms with E-state index in [2.05, 4.69) is 10.6 Å². The van der Waals surface area contributed by atoms with Crippen molar-refractivity contribution in [3.63, 3.8) is 0 Å². The molecule has 0 unspecified atom stereocenters. The summed E-state index contributed by atoms with van der Waals surface area (Å²) in [6, 6.07) is 7.93. The van der Waals surface area contributed by atoms with Crippen LogP contribution < -0.4 is 10.6 Å². The molecule has 2 aromatic carbocycles. The highest BCUT2D eigenvalue weighted by molar-refractivity contribution is 6.43. The lowest BCUT2D eigenvalue weighted by Gasteiger charge is -2.12. The molecular formula is C17H14ClF3N2O2. The Kier molecular flexibility index (Phi) is 5.37. The van der Waals surface area contributed by atoms with Crippen LogP contribution in [-0.4, -0.2) is 11.8 Å². The summed E-state index contributed by atoms with van der Waals surface area (Å²) in [6.45, 7) is 3.74. The SMILES string of the molecule is Cc1ccc(NC(=O)C(=O)Nc2ccc(Cl)c(C(F)(F)F)c2)cc1C. The zero-order valence-electron chi connectivity index (χ0n) is 13.3. The van der Waals surface area contributed by atoms with Crippen molar-refractivity contribution in [3.05, 3.63) is 58.1 Å². The zero-order valence-corrected chi connectivity index (χ0v) is 14.0. The van der Waals surface area contributed by atoms with Gasteiger partial charge in [0.2, 0.25) is 0 Å². The van der Waals surface area contributed by atoms with Crippen molar-refractivity contribution in [2.24, 2.45) is 0 Å². The molecule has 0 aliphatic heterocycles. The van der Waals surface area contributed by atoms with Crippen LogP contribution in [0.25, 0.3) is 0 Å². The minimum atomic E-state index is -4.67. The van der Waals surface area contributed by atoms with Gasteiger partial charge in [-0.25, -0.2) is 0 Å². The smallest absolute Gasteiger partial charge is 0.318 e. The van der Waals surface area contributed by atoms with Gasteiger partial charge >= 0.3 is 18.0 Å². The molecule has 0 atom stereocenters. The second-order valence-electron chi connectivity index (χ2n) is 5.40. The van der Waals surface area contributed by atoms with Gasteiger partial charge in [0.25, 0.3) is 0 Å². The molecule has 132 valence electrons. The average molecular weight is 371 g/mol. The fraction of sp³-hybridized carbons (Fsp3) is 0.176. The Morgan fingerprint density at radius 3 is 1.92 bits per heavy atom. The summed E-state index contributed by atoms with van der Waals surface area (Å²) in [6.07, 6.45) is -4.67. The summed E-state index contributed by atoms with van der Waals surface area (Å²) in [7, 11) is 0. The highest BCUT2D eigenvalue weighted by Gasteiger charge is 2.33. The molecule has 2 amide bonds. The van der Waals surface area contributed by atoms with E-state index in [9.17, 15) is 22.8 Å². The third-order valence-electron chi connectivity index (χ3n) is 3.50. The quantitative estimate of drug-likeness (QED) is 0.762. The topological polar surface area (TPSA) is 58.2 Å². The standard InChI is InChI=1S/C17H14ClF3N2O2/c1-9-3-4-11(7-10(9)2)22-15(24)16(25)23-12-5-6-14(18)13(8-12)17(19,20)21/h3-8H,1-2H3,(H,22,24)(H,23,25). The Labute approximate surface area is 147 Å². The summed E-state index contributed by atoms with van der Waals surface area (Å²) in [5, 5.41) is 4.01. The van der Waals surface area contributed by atoms with Crippen molar-refractivity contribution in [3.8, 4) is 0 Å². The normalized spacial score (nSPS) is 11.1. The first-order valence-corrected chi connectivity index (χ1v) is 7.52. The van der Waals surface area contributed by atoms with Crippen LogP contribution in [0.15, 0.2) is 36.4 Å². The van der Waals surface area contributed by atoms with Crippen LogP contribution in [0.5, 0.6) is 0 Å². The number of benzene rings is 2. The number of aryl methyl sites for hydroxylation is 2. The molecular weight excluding hydrogens is 357 g/mol. The molecule has 0 aromatic heterocycles. The van der Waals surface area contributed by atoms with E-state index in [-0.39, 0.29) is 5.69 Å². The average Bonchev–Trinajstić information content (AvgIpc) is 2.51. The van der Waals surface area contributed by atoms with Crippen LogP contribution in [0.1, 0.15) is 16.7 Å². The van der Waals surface area contributed by atoms with Crippen LogP contribution in [0.4, 0.5) is 24.5 Å². The molecule has 0 saturated carbocycles. The second kappa shape index (κ2) is 7.14. The maximum Gasteiger partial charge on any atom is 0.417 e. The Balaban J connectivity index is 2.11. The number of hydrogen-bond donors (Lipinski definition) is 2. The van der Waals surface area contributed by atoms with Gasteiger partial charge in [0.05, 0.1) is 10.6 Å². The van der Waals surface area contributed by atoms with Crippen LogP contribution in [-0.2, 0) is 15.8 Å². The summed E-state index contributed by atoms with van der Waals surface area (Å²) >= 11 is 5.50. The Bertz CT molecular complexity index is 835. The fourth-order valence-electron chi connectivity index (χ4n) is 2.02. The van der Waals surface area contributed by atoms with Crippen molar-refractivity contribution in [2.75, 3.05) is 10.6 Å². The molecule has 0 heterocycles. The number of alkyl halides is 3. The van der Waals surface area contributed by atoms with Gasteiger partial charge in [-0.2, -0.15) is 13.2 Å². The number of amides is 2. The first-order valence-electron chi connectivity index (χ1n) is 7.14. The summed E-state index contributed by atoms with van der Waals surface area (Å²) in [5.74, 6) is -2.08. The molecule has 25 heavy (non-hydrogen) atoms. The number of hydrogen-bond acceptors (Lipinski definition) is 2. The van der Waals surface area contributed by atoms with Crippen molar-refractivity contribution in [1.82, 2.24) is 0 Å². The number of halogens is 4. The van der Waals surface area contributed by atoms with Gasteiger partial charge < -0.3 is 10.6 Å². The lowest BCUT2D eigenvalue weighted by atomic mass is 10.1. The number of carbonyl (C=O) groups is 2. The molecule has 0 bridgehead atoms. The van der Waals surface area contributed by atoms with Crippen LogP contribution >= 0.6 is 11.6 Å². The first kappa shape index (κ1) is 18.8. The summed E-state index contributed by atoms with van der Waals surface area (Å²) < 4.78 is 38.4. The van der Waals surface area contributed by atoms with Gasteiger partial charge in [0.15, 0.2) is 0 Å². The number of rotatable bonds is 2. The third kappa shape index (κ3) is 4.73. The predicted molar refractivity (Wildman–Crippen MR) is 89.6 cm³/mol. The van der Waals surface area contributed by atoms with Crippen LogP contribution in [0.3, 0.4) is 0 Å². The van der Waals surface area contributed by atoms with E-state index in [0.717, 1.165) is 17.2 Å². The van der Waals surface area contributed by atoms with E-state index in [0.29, 0.717) is 11.8 Å². The molecule has 8 heteroatoms. The number of anilines is 2. The molecule has 0 aliphatic carbocycles. The minimum Gasteiger partial charge on any atom is -0.318 e. The molecule has 0 aliphatic rings. The molecule has 0 saturated heterocycles. The largest absolute Gasteiger partial charge is 0.417 e. The second-order valence-corrected chi connectivity index (χ2v) is 5.81. The lowest BCUT2D eigenvalue weighted by molar-refractivity contribution is -0.137. The first-order chi connectivity index (χ1) is 11.6. The molecule has 2 rings (SSSR count). The maximum absolute atomic E-state index is 12.8. The van der Waals surface area contributed by atoms with E-state index in [1.54, 1.807) is 18.2 Å². The monoisotopic (exact) mass is 370 g/mol. The Hall–Kier alpha value is -2.54. The van der Waals surface area contributed by atoms with E-state index in [4.69, 9.17) is 11.6 Å². The lowest BCUT2D eigenvalue weighted by Crippen LogP contribution is -2.29. The van der Waals surface area contributed by atoms with Crippen LogP contribution in [0, 0.1) is 13.8 Å². The highest BCUT2D eigenvalue weighted by atomic mass is 35.5. The van der Waals surface area contributed by atoms with Crippen molar-refractivity contribution < 1.29 is 22.8 Å². The molecule has 0 fully saturated rings. The number of nitrogens with one attached hydrogen (secondary N) is 2. The van der Waals surface area contributed by atoms with E-state index >= 15 is 0 Å². The zero-order chi connectivity index (χ0) is 18.8. The van der Waals surface area contributed by atoms with E-state index in [1.165, 1.54) is 6.07 Å². The minimum absolute atomic E-state index is 0.183. The van der Waals surface area contributed by atoms with Gasteiger partial charge in [-0.3, -0.25) is 9.59 Å². The molecule has 0 spiro atoms. The molecule has 2 aromatic rings. The van der Waals surface area contributed by atoms with E-state index < -0.39 is 28.6 Å². The van der Waals surface area contributed by atoms with Gasteiger partial charge in [-0.05, 0) is 55.3 Å². The van der Waals surface area contributed by atoms with E-state index in [1.807, 2.05) is 13.8 Å². The Morgan fingerprint density at radius 1 is 0.880 bits per heavy atom. The maximum atomic E-state index is 12.8. The van der Waals surface area contributed by atoms with Gasteiger partial charge in [-0.1, -0.05) is 17.7 Å². The number of carbonyl (C=O) groups excluding carboxylic acids is 2. The molecule has 0 radical (unpaired) electrons. The molecule has 2 N–H and O–H groups in total. The summed E-state index contributed by atoms with van der Waals surface area (Å²) in [4.78, 5) is 23.8. The van der Waals surface area contributed by atoms with Crippen molar-refractivity contribution >= 4 is 34.8 Å². The fourth-order valence-corrected chi connectivity index (χ4v) is 2.24. The van der Waals surface area contributed by atoms with Crippen LogP contribution in [0.2, 0.25) is 5.02 Å². The predicted octanol–water partition coefficient (Wildman–Crippen LogP) is 4.55. The van der Waals surface area contributed by atoms with Crippen molar-refractivity contribution in [2.45, 2.75) is 20.0 Å². The Morgan fingerprint density at radius 2 is 1.40 bits per heavy atom. The highest BCUT2D eigenvalue weighted by Crippen LogP contribution is 2.36. The van der Waals surface area contributed by atoms with Crippen molar-refractivity contribution in [1.29, 1.82) is 0 Å². The van der Waals surface area contributed by atoms with Gasteiger partial charge in [0.1, 0.15) is 0 Å².